The summed E-state index contributed by atoms with van der Waals surface area (Å²) in [6.45, 7) is 1.68. The molecule has 134 valence electrons. The lowest BCUT2D eigenvalue weighted by Crippen LogP contribution is -2.38. The van der Waals surface area contributed by atoms with Crippen molar-refractivity contribution in [2.24, 2.45) is 5.92 Å². The van der Waals surface area contributed by atoms with Crippen LogP contribution in [-0.4, -0.2) is 46.3 Å². The Bertz CT molecular complexity index is 698. The molecule has 1 aliphatic rings. The molecule has 1 aromatic rings. The summed E-state index contributed by atoms with van der Waals surface area (Å²) >= 11 is 0. The van der Waals surface area contributed by atoms with Crippen LogP contribution in [0.25, 0.3) is 0 Å². The minimum absolute atomic E-state index is 0.0761. The first-order chi connectivity index (χ1) is 11.7. The zero-order valence-electron chi connectivity index (χ0n) is 13.7. The molecular formula is C15H17N3O7. The number of amides is 1. The number of hydrogen-bond donors (Lipinski definition) is 0. The Hall–Kier alpha value is -3.04. The highest BCUT2D eigenvalue weighted by Gasteiger charge is 2.36. The number of methoxy groups -OCH3 is 1. The van der Waals surface area contributed by atoms with Gasteiger partial charge in [0, 0.05) is 24.7 Å². The Morgan fingerprint density at radius 1 is 1.20 bits per heavy atom. The van der Waals surface area contributed by atoms with Crippen LogP contribution in [0.1, 0.15) is 30.1 Å². The summed E-state index contributed by atoms with van der Waals surface area (Å²) in [6.07, 6.45) is 1.49. The van der Waals surface area contributed by atoms with E-state index < -0.39 is 39.0 Å². The van der Waals surface area contributed by atoms with E-state index in [4.69, 9.17) is 0 Å². The minimum atomic E-state index is -0.789. The maximum Gasteiger partial charge on any atom is 0.310 e. The van der Waals surface area contributed by atoms with Gasteiger partial charge in [0.05, 0.1) is 34.5 Å². The first kappa shape index (κ1) is 18.3. The fourth-order valence-electron chi connectivity index (χ4n) is 2.45. The highest BCUT2D eigenvalue weighted by molar-refractivity contribution is 5.96. The highest BCUT2D eigenvalue weighted by atomic mass is 16.6. The number of nitro groups is 2. The number of non-ortho nitro benzene ring substituents is 2. The quantitative estimate of drug-likeness (QED) is 0.416. The molecule has 1 unspecified atom stereocenters. The van der Waals surface area contributed by atoms with Crippen LogP contribution in [0.4, 0.5) is 11.4 Å². The predicted molar refractivity (Wildman–Crippen MR) is 85.0 cm³/mol. The van der Waals surface area contributed by atoms with E-state index in [9.17, 15) is 29.8 Å². The zero-order valence-corrected chi connectivity index (χ0v) is 13.7. The van der Waals surface area contributed by atoms with Gasteiger partial charge in [-0.25, -0.2) is 0 Å². The Balaban J connectivity index is 2.34. The van der Waals surface area contributed by atoms with Crippen LogP contribution in [0.5, 0.6) is 0 Å². The number of nitro benzene ring substituents is 2. The molecule has 25 heavy (non-hydrogen) atoms. The molecule has 0 saturated heterocycles. The lowest BCUT2D eigenvalue weighted by Gasteiger charge is -2.25. The van der Waals surface area contributed by atoms with Crippen LogP contribution >= 0.6 is 0 Å². The molecule has 0 aliphatic heterocycles. The van der Waals surface area contributed by atoms with Crippen molar-refractivity contribution in [1.82, 2.24) is 4.90 Å². The van der Waals surface area contributed by atoms with E-state index >= 15 is 0 Å². The summed E-state index contributed by atoms with van der Waals surface area (Å²) < 4.78 is 4.64. The molecule has 2 rings (SSSR count). The fourth-order valence-corrected chi connectivity index (χ4v) is 2.45. The molecule has 0 N–H and O–H groups in total. The van der Waals surface area contributed by atoms with Gasteiger partial charge in [-0.05, 0) is 12.8 Å². The van der Waals surface area contributed by atoms with Gasteiger partial charge in [-0.15, -0.1) is 0 Å². The van der Waals surface area contributed by atoms with Crippen molar-refractivity contribution in [3.8, 4) is 0 Å². The lowest BCUT2D eigenvalue weighted by atomic mass is 10.1. The van der Waals surface area contributed by atoms with Crippen LogP contribution < -0.4 is 0 Å². The molecular weight excluding hydrogens is 334 g/mol. The zero-order chi connectivity index (χ0) is 18.7. The van der Waals surface area contributed by atoms with Crippen LogP contribution in [0, 0.1) is 26.1 Å². The third kappa shape index (κ3) is 4.28. The van der Waals surface area contributed by atoms with Crippen molar-refractivity contribution in [3.63, 3.8) is 0 Å². The van der Waals surface area contributed by atoms with E-state index in [1.165, 1.54) is 12.0 Å². The van der Waals surface area contributed by atoms with Gasteiger partial charge in [0.2, 0.25) is 0 Å². The molecule has 10 nitrogen and oxygen atoms in total. The van der Waals surface area contributed by atoms with Gasteiger partial charge < -0.3 is 9.64 Å². The van der Waals surface area contributed by atoms with Crippen LogP contribution in [0.3, 0.4) is 0 Å². The third-order valence-electron chi connectivity index (χ3n) is 3.89. The smallest absolute Gasteiger partial charge is 0.310 e. The first-order valence-electron chi connectivity index (χ1n) is 7.57. The standard InChI is InChI=1S/C15H17N3O7/c1-9(15(20)25-2)8-16(11-3-4-11)14(19)10-5-12(17(21)22)7-13(6-10)18(23)24/h5-7,9,11H,3-4,8H2,1-2H3. The SMILES string of the molecule is COC(=O)C(C)CN(C(=O)c1cc([N+](=O)[O-])cc([N+](=O)[O-])c1)C1CC1. The van der Waals surface area contributed by atoms with E-state index in [1.54, 1.807) is 6.92 Å². The summed E-state index contributed by atoms with van der Waals surface area (Å²) in [5, 5.41) is 21.9. The van der Waals surface area contributed by atoms with E-state index in [2.05, 4.69) is 4.74 Å². The topological polar surface area (TPSA) is 133 Å². The average molecular weight is 351 g/mol. The lowest BCUT2D eigenvalue weighted by molar-refractivity contribution is -0.394. The number of esters is 1. The molecule has 0 aromatic heterocycles. The van der Waals surface area contributed by atoms with Gasteiger partial charge in [0.1, 0.15) is 0 Å². The van der Waals surface area contributed by atoms with Crippen molar-refractivity contribution in [3.05, 3.63) is 44.0 Å². The van der Waals surface area contributed by atoms with E-state index in [1.807, 2.05) is 0 Å². The minimum Gasteiger partial charge on any atom is -0.469 e. The third-order valence-corrected chi connectivity index (χ3v) is 3.89. The van der Waals surface area contributed by atoms with E-state index in [0.29, 0.717) is 0 Å². The van der Waals surface area contributed by atoms with Gasteiger partial charge >= 0.3 is 5.97 Å². The van der Waals surface area contributed by atoms with Crippen molar-refractivity contribution >= 4 is 23.3 Å². The van der Waals surface area contributed by atoms with Crippen molar-refractivity contribution in [2.45, 2.75) is 25.8 Å². The molecule has 1 amide bonds. The number of benzene rings is 1. The Morgan fingerprint density at radius 3 is 2.12 bits per heavy atom. The van der Waals surface area contributed by atoms with Crippen molar-refractivity contribution in [1.29, 1.82) is 0 Å². The molecule has 1 atom stereocenters. The number of hydrogen-bond acceptors (Lipinski definition) is 7. The molecule has 0 radical (unpaired) electrons. The number of nitrogens with zero attached hydrogens (tertiary/aromatic N) is 3. The summed E-state index contributed by atoms with van der Waals surface area (Å²) in [7, 11) is 1.24. The van der Waals surface area contributed by atoms with Crippen LogP contribution in [0.15, 0.2) is 18.2 Å². The molecule has 1 fully saturated rings. The fraction of sp³-hybridized carbons (Fsp3) is 0.467. The second kappa shape index (κ2) is 7.24. The first-order valence-corrected chi connectivity index (χ1v) is 7.57. The maximum atomic E-state index is 12.8. The largest absolute Gasteiger partial charge is 0.469 e. The number of ether oxygens (including phenoxy) is 1. The van der Waals surface area contributed by atoms with Gasteiger partial charge in [0.25, 0.3) is 17.3 Å². The number of carbonyl (C=O) groups is 2. The van der Waals surface area contributed by atoms with Crippen molar-refractivity contribution in [2.75, 3.05) is 13.7 Å². The summed E-state index contributed by atoms with van der Waals surface area (Å²) in [5.41, 5.74) is -1.21. The molecule has 0 heterocycles. The van der Waals surface area contributed by atoms with E-state index in [0.717, 1.165) is 31.0 Å². The van der Waals surface area contributed by atoms with Gasteiger partial charge in [-0.3, -0.25) is 29.8 Å². The number of rotatable bonds is 7. The van der Waals surface area contributed by atoms with E-state index in [-0.39, 0.29) is 18.2 Å². The molecule has 10 heteroatoms. The van der Waals surface area contributed by atoms with Crippen LogP contribution in [-0.2, 0) is 9.53 Å². The summed E-state index contributed by atoms with van der Waals surface area (Å²) in [4.78, 5) is 46.1. The Labute approximate surface area is 142 Å². The number of carbonyl (C=O) groups excluding carboxylic acids is 2. The second-order valence-corrected chi connectivity index (χ2v) is 5.87. The summed E-state index contributed by atoms with van der Waals surface area (Å²) in [6, 6.07) is 2.73. The molecule has 1 aromatic carbocycles. The van der Waals surface area contributed by atoms with Crippen LogP contribution in [0.2, 0.25) is 0 Å². The van der Waals surface area contributed by atoms with Gasteiger partial charge in [-0.2, -0.15) is 0 Å². The molecule has 0 spiro atoms. The normalized spacial score (nSPS) is 14.5. The second-order valence-electron chi connectivity index (χ2n) is 5.87. The Kier molecular flexibility index (Phi) is 5.30. The highest BCUT2D eigenvalue weighted by Crippen LogP contribution is 2.31. The molecule has 1 saturated carbocycles. The molecule has 1 aliphatic carbocycles. The predicted octanol–water partition coefficient (Wildman–Crippen LogP) is 1.92. The van der Waals surface area contributed by atoms with Gasteiger partial charge in [0.15, 0.2) is 0 Å². The molecule has 0 bridgehead atoms. The Morgan fingerprint density at radius 2 is 1.72 bits per heavy atom. The maximum absolute atomic E-state index is 12.8. The monoisotopic (exact) mass is 351 g/mol. The van der Waals surface area contributed by atoms with Crippen molar-refractivity contribution < 1.29 is 24.2 Å². The summed E-state index contributed by atoms with van der Waals surface area (Å²) in [5.74, 6) is -1.64. The average Bonchev–Trinajstić information content (AvgIpc) is 3.42. The van der Waals surface area contributed by atoms with Gasteiger partial charge in [-0.1, -0.05) is 6.92 Å².